The highest BCUT2D eigenvalue weighted by Crippen LogP contribution is 2.35. The third-order valence-electron chi connectivity index (χ3n) is 5.39. The number of rotatable bonds is 4. The second kappa shape index (κ2) is 7.80. The molecule has 0 aliphatic carbocycles. The summed E-state index contributed by atoms with van der Waals surface area (Å²) in [5, 5.41) is 0. The molecule has 1 unspecified atom stereocenters. The van der Waals surface area contributed by atoms with Crippen LogP contribution >= 0.6 is 0 Å². The van der Waals surface area contributed by atoms with Crippen LogP contribution in [0.5, 0.6) is 0 Å². The highest BCUT2D eigenvalue weighted by atomic mass is 32.2. The van der Waals surface area contributed by atoms with Gasteiger partial charge in [-0.1, -0.05) is 12.1 Å². The Hall–Kier alpha value is -3.21. The van der Waals surface area contributed by atoms with Crippen LogP contribution in [0.1, 0.15) is 24.6 Å². The van der Waals surface area contributed by atoms with Crippen molar-refractivity contribution in [2.45, 2.75) is 25.4 Å². The minimum absolute atomic E-state index is 0.132. The van der Waals surface area contributed by atoms with Crippen molar-refractivity contribution in [3.63, 3.8) is 0 Å². The molecule has 0 radical (unpaired) electrons. The first-order valence-electron chi connectivity index (χ1n) is 9.61. The molecule has 0 fully saturated rings. The first-order chi connectivity index (χ1) is 14.7. The van der Waals surface area contributed by atoms with E-state index in [4.69, 9.17) is 4.74 Å². The third-order valence-corrected chi connectivity index (χ3v) is 6.50. The zero-order valence-electron chi connectivity index (χ0n) is 17.0. The normalized spacial score (nSPS) is 18.5. The Bertz CT molecular complexity index is 1260. The number of sulfonamides is 1. The zero-order chi connectivity index (χ0) is 22.3. The number of carbonyl (C=O) groups excluding carboxylic acids is 1. The fourth-order valence-electron chi connectivity index (χ4n) is 4.02. The number of hydrogen-bond donors (Lipinski definition) is 0. The minimum atomic E-state index is -3.71. The molecule has 0 N–H and O–H groups in total. The molecule has 1 aromatic heterocycles. The van der Waals surface area contributed by atoms with Gasteiger partial charge in [0.15, 0.2) is 6.04 Å². The first kappa shape index (κ1) is 21.0. The number of allylic oxidation sites excluding steroid dienone is 1. The number of halogens is 1. The summed E-state index contributed by atoms with van der Waals surface area (Å²) < 4.78 is 47.4. The Morgan fingerprint density at radius 3 is 2.61 bits per heavy atom. The summed E-state index contributed by atoms with van der Waals surface area (Å²) in [5.41, 5.74) is 0.718. The quantitative estimate of drug-likeness (QED) is 0.661. The maximum atomic E-state index is 13.6. The predicted octanol–water partition coefficient (Wildman–Crippen LogP) is 1.61. The van der Waals surface area contributed by atoms with Gasteiger partial charge in [0.05, 0.1) is 30.3 Å². The summed E-state index contributed by atoms with van der Waals surface area (Å²) in [6, 6.07) is 4.52. The van der Waals surface area contributed by atoms with Crippen molar-refractivity contribution < 1.29 is 22.3 Å². The molecular weight excluding hydrogens is 427 g/mol. The number of nitrogens with zero attached hydrogens (tertiary/aromatic N) is 4. The molecule has 9 nitrogen and oxygen atoms in total. The Labute approximate surface area is 178 Å². The van der Waals surface area contributed by atoms with Gasteiger partial charge < -0.3 is 4.74 Å². The van der Waals surface area contributed by atoms with Crippen molar-refractivity contribution in [2.24, 2.45) is 4.99 Å². The van der Waals surface area contributed by atoms with Gasteiger partial charge in [-0.2, -0.15) is 0 Å². The van der Waals surface area contributed by atoms with Gasteiger partial charge in [-0.3, -0.25) is 14.5 Å². The standard InChI is InChI=1S/C20H21FN4O5S/c1-30-20(27)16-4-3-11-23-18(15-9-10-22-12-24(15)31(2,28)29)17(19(26)25(16)23)13-5-7-14(21)8-6-13/h5-10,16H,3-4,11-12H2,1-2H3. The zero-order valence-corrected chi connectivity index (χ0v) is 17.8. The molecule has 1 aromatic carbocycles. The van der Waals surface area contributed by atoms with Crippen LogP contribution in [0.3, 0.4) is 0 Å². The Morgan fingerprint density at radius 1 is 1.26 bits per heavy atom. The van der Waals surface area contributed by atoms with Crippen molar-refractivity contribution in [1.82, 2.24) is 13.7 Å². The lowest BCUT2D eigenvalue weighted by atomic mass is 10.0. The third kappa shape index (κ3) is 3.58. The largest absolute Gasteiger partial charge is 0.467 e. The number of aromatic nitrogens is 2. The van der Waals surface area contributed by atoms with Crippen molar-refractivity contribution in [3.8, 4) is 11.1 Å². The van der Waals surface area contributed by atoms with Crippen LogP contribution in [-0.2, 0) is 26.1 Å². The van der Waals surface area contributed by atoms with Crippen LogP contribution in [0, 0.1) is 5.82 Å². The maximum Gasteiger partial charge on any atom is 0.330 e. The second-order valence-electron chi connectivity index (χ2n) is 7.32. The van der Waals surface area contributed by atoms with Gasteiger partial charge in [0.2, 0.25) is 10.0 Å². The van der Waals surface area contributed by atoms with Gasteiger partial charge in [0.1, 0.15) is 12.5 Å². The molecule has 1 atom stereocenters. The number of hydrogen-bond acceptors (Lipinski definition) is 6. The van der Waals surface area contributed by atoms with Crippen LogP contribution < -0.4 is 5.56 Å². The summed E-state index contributed by atoms with van der Waals surface area (Å²) >= 11 is 0. The van der Waals surface area contributed by atoms with Gasteiger partial charge in [-0.15, -0.1) is 0 Å². The number of ether oxygens (including phenoxy) is 1. The predicted molar refractivity (Wildman–Crippen MR) is 112 cm³/mol. The van der Waals surface area contributed by atoms with E-state index in [1.807, 2.05) is 0 Å². The summed E-state index contributed by atoms with van der Waals surface area (Å²) in [5.74, 6) is -1.03. The highest BCUT2D eigenvalue weighted by Gasteiger charge is 2.36. The Kier molecular flexibility index (Phi) is 5.29. The van der Waals surface area contributed by atoms with Crippen molar-refractivity contribution >= 4 is 27.9 Å². The van der Waals surface area contributed by atoms with Gasteiger partial charge in [-0.25, -0.2) is 26.6 Å². The number of fused-ring (bicyclic) bond motifs is 1. The summed E-state index contributed by atoms with van der Waals surface area (Å²) in [6.07, 6.45) is 5.05. The van der Waals surface area contributed by atoms with Crippen LogP contribution in [-0.4, -0.2) is 54.3 Å². The van der Waals surface area contributed by atoms with Crippen molar-refractivity contribution in [2.75, 3.05) is 20.0 Å². The molecule has 2 aromatic rings. The van der Waals surface area contributed by atoms with Crippen molar-refractivity contribution in [1.29, 1.82) is 0 Å². The summed E-state index contributed by atoms with van der Waals surface area (Å²) in [4.78, 5) is 30.0. The summed E-state index contributed by atoms with van der Waals surface area (Å²) in [7, 11) is -2.45. The number of aliphatic imine (C=N–C) groups is 1. The lowest BCUT2D eigenvalue weighted by molar-refractivity contribution is -0.146. The van der Waals surface area contributed by atoms with Crippen LogP contribution in [0.15, 0.2) is 40.1 Å². The van der Waals surface area contributed by atoms with E-state index in [2.05, 4.69) is 4.99 Å². The van der Waals surface area contributed by atoms with Gasteiger partial charge in [-0.05, 0) is 36.6 Å². The second-order valence-corrected chi connectivity index (χ2v) is 9.23. The molecule has 0 amide bonds. The SMILES string of the molecule is COC(=O)C1CCCn2c(C3=CC=NCN3S(C)(=O)=O)c(-c3ccc(F)cc3)c(=O)n21. The average Bonchev–Trinajstić information content (AvgIpc) is 3.05. The molecule has 0 bridgehead atoms. The van der Waals surface area contributed by atoms with E-state index < -0.39 is 33.4 Å². The Morgan fingerprint density at radius 2 is 1.97 bits per heavy atom. The smallest absolute Gasteiger partial charge is 0.330 e. The van der Waals surface area contributed by atoms with Crippen LogP contribution in [0.2, 0.25) is 0 Å². The molecule has 3 heterocycles. The molecule has 0 saturated heterocycles. The number of carbonyl (C=O) groups is 1. The number of benzene rings is 1. The lowest BCUT2D eigenvalue weighted by Crippen LogP contribution is -2.37. The molecule has 4 rings (SSSR count). The number of methoxy groups -OCH3 is 1. The topological polar surface area (TPSA) is 103 Å². The summed E-state index contributed by atoms with van der Waals surface area (Å²) in [6.45, 7) is 0.263. The molecule has 2 aliphatic rings. The van der Waals surface area contributed by atoms with Gasteiger partial charge in [0.25, 0.3) is 5.56 Å². The van der Waals surface area contributed by atoms with Gasteiger partial charge >= 0.3 is 5.97 Å². The van der Waals surface area contributed by atoms with Gasteiger partial charge in [0, 0.05) is 12.8 Å². The van der Waals surface area contributed by atoms with Crippen LogP contribution in [0.4, 0.5) is 4.39 Å². The van der Waals surface area contributed by atoms with E-state index in [0.717, 1.165) is 10.6 Å². The van der Waals surface area contributed by atoms with E-state index in [1.165, 1.54) is 48.3 Å². The fourth-order valence-corrected chi connectivity index (χ4v) is 4.80. The van der Waals surface area contributed by atoms with Crippen LogP contribution in [0.25, 0.3) is 16.8 Å². The lowest BCUT2D eigenvalue weighted by Gasteiger charge is -2.30. The monoisotopic (exact) mass is 448 g/mol. The van der Waals surface area contributed by atoms with E-state index in [0.29, 0.717) is 30.6 Å². The molecule has 31 heavy (non-hydrogen) atoms. The minimum Gasteiger partial charge on any atom is -0.467 e. The van der Waals surface area contributed by atoms with E-state index in [-0.39, 0.29) is 17.9 Å². The van der Waals surface area contributed by atoms with E-state index >= 15 is 0 Å². The van der Waals surface area contributed by atoms with E-state index in [9.17, 15) is 22.4 Å². The number of esters is 1. The average molecular weight is 448 g/mol. The Balaban J connectivity index is 2.05. The van der Waals surface area contributed by atoms with Crippen molar-refractivity contribution in [3.05, 3.63) is 52.2 Å². The highest BCUT2D eigenvalue weighted by molar-refractivity contribution is 7.88. The molecule has 2 aliphatic heterocycles. The first-order valence-corrected chi connectivity index (χ1v) is 11.5. The van der Waals surface area contributed by atoms with E-state index in [1.54, 1.807) is 4.68 Å². The molecule has 11 heteroatoms. The molecule has 164 valence electrons. The molecular formula is C20H21FN4O5S. The molecule has 0 spiro atoms. The fraction of sp³-hybridized carbons (Fsp3) is 0.350. The maximum absolute atomic E-state index is 13.6. The molecule has 0 saturated carbocycles.